The number of hydrogen-bond acceptors (Lipinski definition) is 4. The van der Waals surface area contributed by atoms with E-state index in [1.165, 1.54) is 24.3 Å². The van der Waals surface area contributed by atoms with Crippen LogP contribution >= 0.6 is 0 Å². The van der Waals surface area contributed by atoms with Crippen LogP contribution in [0.25, 0.3) is 0 Å². The summed E-state index contributed by atoms with van der Waals surface area (Å²) in [4.78, 5) is 37.9. The molecule has 0 radical (unpaired) electrons. The minimum Gasteiger partial charge on any atom is -0.484 e. The van der Waals surface area contributed by atoms with Gasteiger partial charge in [-0.05, 0) is 61.4 Å². The highest BCUT2D eigenvalue weighted by Gasteiger charge is 2.29. The highest BCUT2D eigenvalue weighted by Crippen LogP contribution is 2.23. The van der Waals surface area contributed by atoms with Crippen LogP contribution in [0.4, 0.5) is 4.39 Å². The van der Waals surface area contributed by atoms with Gasteiger partial charge in [0.15, 0.2) is 12.4 Å². The molecule has 146 valence electrons. The zero-order chi connectivity index (χ0) is 20.1. The molecule has 0 spiro atoms. The van der Waals surface area contributed by atoms with E-state index in [4.69, 9.17) is 10.5 Å². The number of Topliss-reactive ketones (excluding diaryl/α,β-unsaturated/α-hetero) is 1. The van der Waals surface area contributed by atoms with Crippen molar-refractivity contribution < 1.29 is 23.5 Å². The van der Waals surface area contributed by atoms with Crippen LogP contribution in [0.2, 0.25) is 0 Å². The smallest absolute Gasteiger partial charge is 0.255 e. The molecule has 1 aliphatic rings. The summed E-state index contributed by atoms with van der Waals surface area (Å²) in [5.74, 6) is -1.07. The average Bonchev–Trinajstić information content (AvgIpc) is 2.72. The van der Waals surface area contributed by atoms with Crippen molar-refractivity contribution in [1.82, 2.24) is 4.90 Å². The Morgan fingerprint density at radius 3 is 2.32 bits per heavy atom. The van der Waals surface area contributed by atoms with Gasteiger partial charge in [0, 0.05) is 30.1 Å². The summed E-state index contributed by atoms with van der Waals surface area (Å²) in [6.45, 7) is 0.674. The number of piperidine rings is 1. The predicted octanol–water partition coefficient (Wildman–Crippen LogP) is 2.42. The topological polar surface area (TPSA) is 89.7 Å². The first-order chi connectivity index (χ1) is 13.4. The van der Waals surface area contributed by atoms with Crippen molar-refractivity contribution in [2.24, 2.45) is 11.7 Å². The van der Waals surface area contributed by atoms with Gasteiger partial charge in [0.1, 0.15) is 11.6 Å². The molecule has 1 atom stereocenters. The molecule has 0 bridgehead atoms. The number of carbonyl (C=O) groups is 3. The van der Waals surface area contributed by atoms with Gasteiger partial charge in [0.25, 0.3) is 11.8 Å². The second-order valence-corrected chi connectivity index (χ2v) is 6.74. The van der Waals surface area contributed by atoms with E-state index >= 15 is 0 Å². The van der Waals surface area contributed by atoms with Crippen molar-refractivity contribution in [3.05, 3.63) is 65.5 Å². The molecule has 0 saturated carbocycles. The molecule has 1 heterocycles. The molecule has 2 aromatic carbocycles. The number of hydrogen-bond donors (Lipinski definition) is 1. The average molecular weight is 384 g/mol. The molecule has 28 heavy (non-hydrogen) atoms. The van der Waals surface area contributed by atoms with Gasteiger partial charge in [-0.25, -0.2) is 4.39 Å². The van der Waals surface area contributed by atoms with Crippen molar-refractivity contribution in [2.75, 3.05) is 19.7 Å². The van der Waals surface area contributed by atoms with Crippen LogP contribution in [0.15, 0.2) is 48.5 Å². The lowest BCUT2D eigenvalue weighted by Gasteiger charge is -2.32. The normalized spacial score (nSPS) is 16.5. The molecule has 0 aliphatic carbocycles. The number of ketones is 1. The number of nitrogens with zero attached hydrogens (tertiary/aromatic N) is 1. The van der Waals surface area contributed by atoms with E-state index in [-0.39, 0.29) is 30.0 Å². The van der Waals surface area contributed by atoms with E-state index in [0.717, 1.165) is 6.42 Å². The number of likely N-dealkylation sites (tertiary alicyclic amines) is 1. The summed E-state index contributed by atoms with van der Waals surface area (Å²) in [5, 5.41) is 0. The third-order valence-corrected chi connectivity index (χ3v) is 4.69. The molecular formula is C21H21FN2O4. The van der Waals surface area contributed by atoms with Gasteiger partial charge in [-0.2, -0.15) is 0 Å². The SMILES string of the molecule is NC(=O)COc1ccc(C(=O)N2CCCC(C(=O)c3ccc(F)cc3)C2)cc1. The third kappa shape index (κ3) is 4.73. The van der Waals surface area contributed by atoms with Crippen LogP contribution in [0.3, 0.4) is 0 Å². The molecular weight excluding hydrogens is 363 g/mol. The molecule has 1 saturated heterocycles. The fourth-order valence-corrected chi connectivity index (χ4v) is 3.26. The van der Waals surface area contributed by atoms with Crippen molar-refractivity contribution in [3.8, 4) is 5.75 Å². The Bertz CT molecular complexity index is 865. The van der Waals surface area contributed by atoms with Crippen LogP contribution in [0.1, 0.15) is 33.6 Å². The van der Waals surface area contributed by atoms with Gasteiger partial charge in [-0.1, -0.05) is 0 Å². The molecule has 7 heteroatoms. The van der Waals surface area contributed by atoms with Gasteiger partial charge in [0.05, 0.1) is 0 Å². The number of carbonyl (C=O) groups excluding carboxylic acids is 3. The Balaban J connectivity index is 1.64. The summed E-state index contributed by atoms with van der Waals surface area (Å²) in [7, 11) is 0. The first-order valence-corrected chi connectivity index (χ1v) is 9.04. The number of halogens is 1. The molecule has 3 rings (SSSR count). The minimum absolute atomic E-state index is 0.0762. The summed E-state index contributed by atoms with van der Waals surface area (Å²) >= 11 is 0. The second-order valence-electron chi connectivity index (χ2n) is 6.74. The maximum atomic E-state index is 13.1. The summed E-state index contributed by atoms with van der Waals surface area (Å²) in [6, 6.07) is 11.9. The lowest BCUT2D eigenvalue weighted by atomic mass is 9.89. The molecule has 1 unspecified atom stereocenters. The summed E-state index contributed by atoms with van der Waals surface area (Å²) in [6.07, 6.45) is 1.42. The first kappa shape index (κ1) is 19.5. The Morgan fingerprint density at radius 1 is 1.04 bits per heavy atom. The van der Waals surface area contributed by atoms with Crippen LogP contribution in [-0.2, 0) is 4.79 Å². The van der Waals surface area contributed by atoms with Crippen molar-refractivity contribution >= 4 is 17.6 Å². The van der Waals surface area contributed by atoms with E-state index in [9.17, 15) is 18.8 Å². The number of nitrogens with two attached hydrogens (primary N) is 1. The van der Waals surface area contributed by atoms with E-state index in [1.54, 1.807) is 29.2 Å². The zero-order valence-electron chi connectivity index (χ0n) is 15.3. The lowest BCUT2D eigenvalue weighted by Crippen LogP contribution is -2.42. The van der Waals surface area contributed by atoms with E-state index in [2.05, 4.69) is 0 Å². The molecule has 0 aromatic heterocycles. The predicted molar refractivity (Wildman–Crippen MR) is 100 cm³/mol. The van der Waals surface area contributed by atoms with Crippen molar-refractivity contribution in [1.29, 1.82) is 0 Å². The van der Waals surface area contributed by atoms with Gasteiger partial charge >= 0.3 is 0 Å². The lowest BCUT2D eigenvalue weighted by molar-refractivity contribution is -0.119. The van der Waals surface area contributed by atoms with Crippen LogP contribution in [-0.4, -0.2) is 42.2 Å². The number of primary amides is 1. The molecule has 2 amide bonds. The summed E-state index contributed by atoms with van der Waals surface area (Å²) in [5.41, 5.74) is 5.96. The van der Waals surface area contributed by atoms with E-state index in [1.807, 2.05) is 0 Å². The number of rotatable bonds is 6. The molecule has 1 aliphatic heterocycles. The molecule has 1 fully saturated rings. The maximum Gasteiger partial charge on any atom is 0.255 e. The van der Waals surface area contributed by atoms with Gasteiger partial charge < -0.3 is 15.4 Å². The van der Waals surface area contributed by atoms with Crippen LogP contribution < -0.4 is 10.5 Å². The standard InChI is InChI=1S/C21H21FN2O4/c22-17-7-3-14(4-8-17)20(26)16-2-1-11-24(12-16)21(27)15-5-9-18(10-6-15)28-13-19(23)25/h3-10,16H,1-2,11-13H2,(H2,23,25). The highest BCUT2D eigenvalue weighted by molar-refractivity contribution is 5.99. The first-order valence-electron chi connectivity index (χ1n) is 9.04. The van der Waals surface area contributed by atoms with E-state index in [0.29, 0.717) is 36.4 Å². The largest absolute Gasteiger partial charge is 0.484 e. The molecule has 6 nitrogen and oxygen atoms in total. The van der Waals surface area contributed by atoms with E-state index < -0.39 is 5.91 Å². The fourth-order valence-electron chi connectivity index (χ4n) is 3.26. The Hall–Kier alpha value is -3.22. The van der Waals surface area contributed by atoms with Crippen LogP contribution in [0.5, 0.6) is 5.75 Å². The molecule has 2 aromatic rings. The van der Waals surface area contributed by atoms with Crippen LogP contribution in [0, 0.1) is 11.7 Å². The maximum absolute atomic E-state index is 13.1. The van der Waals surface area contributed by atoms with Gasteiger partial charge in [0.2, 0.25) is 0 Å². The zero-order valence-corrected chi connectivity index (χ0v) is 15.3. The minimum atomic E-state index is -0.578. The Kier molecular flexibility index (Phi) is 6.03. The Labute approximate surface area is 162 Å². The highest BCUT2D eigenvalue weighted by atomic mass is 19.1. The Morgan fingerprint density at radius 2 is 1.68 bits per heavy atom. The van der Waals surface area contributed by atoms with Gasteiger partial charge in [-0.15, -0.1) is 0 Å². The van der Waals surface area contributed by atoms with Crippen molar-refractivity contribution in [3.63, 3.8) is 0 Å². The quantitative estimate of drug-likeness (QED) is 0.775. The molecule has 2 N–H and O–H groups in total. The fraction of sp³-hybridized carbons (Fsp3) is 0.286. The summed E-state index contributed by atoms with van der Waals surface area (Å²) < 4.78 is 18.3. The van der Waals surface area contributed by atoms with Crippen molar-refractivity contribution in [2.45, 2.75) is 12.8 Å². The number of benzene rings is 2. The van der Waals surface area contributed by atoms with Gasteiger partial charge in [-0.3, -0.25) is 14.4 Å². The monoisotopic (exact) mass is 384 g/mol. The third-order valence-electron chi connectivity index (χ3n) is 4.69. The number of amides is 2. The second kappa shape index (κ2) is 8.65. The number of ether oxygens (including phenoxy) is 1.